The Hall–Kier alpha value is -1.35. The van der Waals surface area contributed by atoms with Gasteiger partial charge in [-0.15, -0.1) is 0 Å². The first-order valence-corrected chi connectivity index (χ1v) is 7.60. The highest BCUT2D eigenvalue weighted by Gasteiger charge is 2.49. The Morgan fingerprint density at radius 1 is 1.40 bits per heavy atom. The first-order chi connectivity index (χ1) is 9.56. The van der Waals surface area contributed by atoms with Gasteiger partial charge in [-0.2, -0.15) is 0 Å². The van der Waals surface area contributed by atoms with Gasteiger partial charge in [-0.3, -0.25) is 4.79 Å². The van der Waals surface area contributed by atoms with Crippen molar-refractivity contribution < 1.29 is 15.0 Å². The van der Waals surface area contributed by atoms with Crippen LogP contribution in [-0.4, -0.2) is 22.1 Å². The van der Waals surface area contributed by atoms with E-state index < -0.39 is 6.10 Å². The molecule has 108 valence electrons. The summed E-state index contributed by atoms with van der Waals surface area (Å²) in [5, 5.41) is 19.8. The van der Waals surface area contributed by atoms with Crippen molar-refractivity contribution in [3.63, 3.8) is 0 Å². The number of hydrogen-bond donors (Lipinski definition) is 2. The topological polar surface area (TPSA) is 57.5 Å². The molecule has 1 aromatic carbocycles. The number of ketones is 1. The number of aromatic hydroxyl groups is 1. The van der Waals surface area contributed by atoms with Crippen LogP contribution in [-0.2, 0) is 16.6 Å². The minimum atomic E-state index is -0.822. The molecule has 0 aliphatic heterocycles. The van der Waals surface area contributed by atoms with E-state index in [1.165, 1.54) is 11.1 Å². The van der Waals surface area contributed by atoms with Gasteiger partial charge in [-0.1, -0.05) is 19.4 Å². The van der Waals surface area contributed by atoms with Crippen LogP contribution in [0.3, 0.4) is 0 Å². The lowest BCUT2D eigenvalue weighted by Crippen LogP contribution is -2.49. The number of aliphatic hydroxyl groups excluding tert-OH is 1. The first kappa shape index (κ1) is 13.6. The Bertz CT molecular complexity index is 537. The Morgan fingerprint density at radius 3 is 2.95 bits per heavy atom. The summed E-state index contributed by atoms with van der Waals surface area (Å²) in [4.78, 5) is 11.9. The number of Topliss-reactive ketones (excluding diaryl/α,β-unsaturated/α-hetero) is 1. The highest BCUT2D eigenvalue weighted by Crippen LogP contribution is 2.52. The number of aryl methyl sites for hydroxylation is 1. The number of hydrogen-bond acceptors (Lipinski definition) is 3. The van der Waals surface area contributed by atoms with Gasteiger partial charge in [0.05, 0.1) is 0 Å². The fourth-order valence-corrected chi connectivity index (χ4v) is 4.40. The second-order valence-electron chi connectivity index (χ2n) is 6.37. The van der Waals surface area contributed by atoms with Crippen LogP contribution in [0.25, 0.3) is 0 Å². The van der Waals surface area contributed by atoms with Gasteiger partial charge in [0.25, 0.3) is 0 Å². The van der Waals surface area contributed by atoms with Crippen LogP contribution in [0.15, 0.2) is 18.2 Å². The largest absolute Gasteiger partial charge is 0.508 e. The van der Waals surface area contributed by atoms with Crippen molar-refractivity contribution in [2.75, 3.05) is 0 Å². The highest BCUT2D eigenvalue weighted by molar-refractivity contribution is 5.84. The summed E-state index contributed by atoms with van der Waals surface area (Å²) in [6.45, 7) is 2.16. The zero-order chi connectivity index (χ0) is 14.3. The zero-order valence-corrected chi connectivity index (χ0v) is 11.9. The van der Waals surface area contributed by atoms with Crippen molar-refractivity contribution in [2.45, 2.75) is 57.0 Å². The number of benzene rings is 1. The lowest BCUT2D eigenvalue weighted by atomic mass is 9.55. The molecular formula is C17H22O3. The number of phenolic OH excluding ortho intramolecular Hbond substituents is 1. The predicted molar refractivity (Wildman–Crippen MR) is 76.8 cm³/mol. The van der Waals surface area contributed by atoms with E-state index >= 15 is 0 Å². The highest BCUT2D eigenvalue weighted by atomic mass is 16.3. The first-order valence-electron chi connectivity index (χ1n) is 7.60. The number of rotatable bonds is 2. The van der Waals surface area contributed by atoms with E-state index in [9.17, 15) is 15.0 Å². The van der Waals surface area contributed by atoms with E-state index in [1.807, 2.05) is 12.1 Å². The van der Waals surface area contributed by atoms with Crippen molar-refractivity contribution >= 4 is 5.78 Å². The molecule has 1 saturated carbocycles. The molecule has 3 nitrogen and oxygen atoms in total. The van der Waals surface area contributed by atoms with Gasteiger partial charge >= 0.3 is 0 Å². The summed E-state index contributed by atoms with van der Waals surface area (Å²) in [5.74, 6) is 0.653. The quantitative estimate of drug-likeness (QED) is 0.871. The van der Waals surface area contributed by atoms with Gasteiger partial charge in [0.1, 0.15) is 11.9 Å². The SMILES string of the molecule is CCC[C@@]12C[C@H](O)C(=O)C[C@H]1CCc1cc(O)ccc12. The number of carbonyl (C=O) groups excluding carboxylic acids is 1. The molecule has 0 heterocycles. The Balaban J connectivity index is 2.10. The monoisotopic (exact) mass is 274 g/mol. The van der Waals surface area contributed by atoms with Gasteiger partial charge in [-0.25, -0.2) is 0 Å². The molecule has 1 fully saturated rings. The fourth-order valence-electron chi connectivity index (χ4n) is 4.40. The number of phenols is 1. The van der Waals surface area contributed by atoms with Crippen LogP contribution < -0.4 is 0 Å². The Morgan fingerprint density at radius 2 is 2.20 bits per heavy atom. The van der Waals surface area contributed by atoms with Gasteiger partial charge in [0, 0.05) is 11.8 Å². The molecule has 0 radical (unpaired) electrons. The second kappa shape index (κ2) is 4.88. The number of fused-ring (bicyclic) bond motifs is 3. The van der Waals surface area contributed by atoms with Gasteiger partial charge in [0.15, 0.2) is 5.78 Å². The summed E-state index contributed by atoms with van der Waals surface area (Å²) >= 11 is 0. The van der Waals surface area contributed by atoms with Crippen molar-refractivity contribution in [2.24, 2.45) is 5.92 Å². The van der Waals surface area contributed by atoms with Crippen molar-refractivity contribution in [3.05, 3.63) is 29.3 Å². The predicted octanol–water partition coefficient (Wildman–Crippen LogP) is 2.72. The van der Waals surface area contributed by atoms with E-state index in [2.05, 4.69) is 6.92 Å². The molecule has 0 aromatic heterocycles. The van der Waals surface area contributed by atoms with Crippen LogP contribution in [0.1, 0.15) is 50.2 Å². The minimum Gasteiger partial charge on any atom is -0.508 e. The van der Waals surface area contributed by atoms with Gasteiger partial charge < -0.3 is 10.2 Å². The molecule has 1 aromatic rings. The summed E-state index contributed by atoms with van der Waals surface area (Å²) in [5.41, 5.74) is 2.36. The smallest absolute Gasteiger partial charge is 0.161 e. The van der Waals surface area contributed by atoms with E-state index in [-0.39, 0.29) is 11.2 Å². The molecule has 3 atom stereocenters. The maximum absolute atomic E-state index is 11.9. The molecule has 20 heavy (non-hydrogen) atoms. The average molecular weight is 274 g/mol. The molecule has 2 aliphatic carbocycles. The summed E-state index contributed by atoms with van der Waals surface area (Å²) in [7, 11) is 0. The van der Waals surface area contributed by atoms with Crippen LogP contribution in [0, 0.1) is 5.92 Å². The molecule has 0 bridgehead atoms. The second-order valence-corrected chi connectivity index (χ2v) is 6.37. The average Bonchev–Trinajstić information content (AvgIpc) is 2.41. The standard InChI is InChI=1S/C17H22O3/c1-2-7-17-10-16(20)15(19)9-12(17)4-3-11-8-13(18)5-6-14(11)17/h5-6,8,12,16,18,20H,2-4,7,9-10H2,1H3/t12-,16+,17-/m1/s1. The van der Waals surface area contributed by atoms with E-state index in [0.29, 0.717) is 24.5 Å². The van der Waals surface area contributed by atoms with Crippen LogP contribution in [0.2, 0.25) is 0 Å². The minimum absolute atomic E-state index is 0.00366. The number of carbonyl (C=O) groups is 1. The summed E-state index contributed by atoms with van der Waals surface area (Å²) < 4.78 is 0. The Labute approximate surface area is 119 Å². The lowest BCUT2D eigenvalue weighted by molar-refractivity contribution is -0.134. The molecule has 3 rings (SSSR count). The molecule has 2 N–H and O–H groups in total. The van der Waals surface area contributed by atoms with Crippen molar-refractivity contribution in [1.82, 2.24) is 0 Å². The molecule has 2 aliphatic rings. The van der Waals surface area contributed by atoms with E-state index in [0.717, 1.165) is 25.7 Å². The molecule has 0 unspecified atom stereocenters. The molecular weight excluding hydrogens is 252 g/mol. The van der Waals surface area contributed by atoms with Crippen LogP contribution in [0.4, 0.5) is 0 Å². The van der Waals surface area contributed by atoms with Crippen LogP contribution >= 0.6 is 0 Å². The van der Waals surface area contributed by atoms with Crippen molar-refractivity contribution in [3.8, 4) is 5.75 Å². The number of aliphatic hydroxyl groups is 1. The third kappa shape index (κ3) is 1.96. The maximum atomic E-state index is 11.9. The third-order valence-electron chi connectivity index (χ3n) is 5.24. The third-order valence-corrected chi connectivity index (χ3v) is 5.24. The molecule has 0 spiro atoms. The summed E-state index contributed by atoms with van der Waals surface area (Å²) in [6.07, 6.45) is 4.16. The van der Waals surface area contributed by atoms with E-state index in [1.54, 1.807) is 6.07 Å². The zero-order valence-electron chi connectivity index (χ0n) is 11.9. The molecule has 0 amide bonds. The van der Waals surface area contributed by atoms with Crippen molar-refractivity contribution in [1.29, 1.82) is 0 Å². The molecule has 3 heteroatoms. The van der Waals surface area contributed by atoms with E-state index in [4.69, 9.17) is 0 Å². The van der Waals surface area contributed by atoms with Crippen LogP contribution in [0.5, 0.6) is 5.75 Å². The lowest BCUT2D eigenvalue weighted by Gasteiger charge is -2.49. The molecule has 0 saturated heterocycles. The Kier molecular flexibility index (Phi) is 3.33. The fraction of sp³-hybridized carbons (Fsp3) is 0.588. The maximum Gasteiger partial charge on any atom is 0.161 e. The van der Waals surface area contributed by atoms with Gasteiger partial charge in [0.2, 0.25) is 0 Å². The normalized spacial score (nSPS) is 32.6. The van der Waals surface area contributed by atoms with Gasteiger partial charge in [-0.05, 0) is 54.9 Å². The summed E-state index contributed by atoms with van der Waals surface area (Å²) in [6, 6.07) is 5.60.